The minimum Gasteiger partial charge on any atom is -0.493 e. The summed E-state index contributed by atoms with van der Waals surface area (Å²) in [6, 6.07) is 5.87. The van der Waals surface area contributed by atoms with Crippen LogP contribution in [0.1, 0.15) is 25.8 Å². The van der Waals surface area contributed by atoms with Gasteiger partial charge in [0.25, 0.3) is 5.91 Å². The summed E-state index contributed by atoms with van der Waals surface area (Å²) >= 11 is 0. The van der Waals surface area contributed by atoms with Gasteiger partial charge in [-0.15, -0.1) is 12.4 Å². The summed E-state index contributed by atoms with van der Waals surface area (Å²) < 4.78 is 11.0. The average Bonchev–Trinajstić information content (AvgIpc) is 2.56. The molecule has 2 N–H and O–H groups in total. The van der Waals surface area contributed by atoms with Gasteiger partial charge < -0.3 is 20.1 Å². The molecule has 1 saturated heterocycles. The van der Waals surface area contributed by atoms with Gasteiger partial charge in [0.2, 0.25) is 0 Å². The number of methoxy groups -OCH3 is 1. The van der Waals surface area contributed by atoms with Crippen molar-refractivity contribution < 1.29 is 14.3 Å². The molecule has 0 bridgehead atoms. The van der Waals surface area contributed by atoms with Gasteiger partial charge in [-0.05, 0) is 50.0 Å². The molecule has 6 heteroatoms. The second kappa shape index (κ2) is 10.2. The van der Waals surface area contributed by atoms with Crippen molar-refractivity contribution in [2.75, 3.05) is 26.8 Å². The summed E-state index contributed by atoms with van der Waals surface area (Å²) in [5.41, 5.74) is 1.03. The van der Waals surface area contributed by atoms with Crippen LogP contribution < -0.4 is 20.1 Å². The van der Waals surface area contributed by atoms with Crippen LogP contribution in [0.4, 0.5) is 0 Å². The Morgan fingerprint density at radius 1 is 1.42 bits per heavy atom. The Morgan fingerprint density at radius 3 is 2.88 bits per heavy atom. The van der Waals surface area contributed by atoms with Gasteiger partial charge in [0.05, 0.1) is 7.11 Å². The van der Waals surface area contributed by atoms with Gasteiger partial charge in [-0.1, -0.05) is 25.1 Å². The molecule has 1 fully saturated rings. The van der Waals surface area contributed by atoms with Crippen LogP contribution in [-0.2, 0) is 4.79 Å². The van der Waals surface area contributed by atoms with Crippen LogP contribution in [0.25, 0.3) is 6.08 Å². The van der Waals surface area contributed by atoms with E-state index in [0.29, 0.717) is 17.4 Å². The molecule has 2 atom stereocenters. The highest BCUT2D eigenvalue weighted by atomic mass is 35.5. The Labute approximate surface area is 150 Å². The number of ether oxygens (including phenoxy) is 2. The molecule has 0 saturated carbocycles. The molecule has 24 heavy (non-hydrogen) atoms. The number of benzene rings is 1. The van der Waals surface area contributed by atoms with Gasteiger partial charge in [0.1, 0.15) is 0 Å². The van der Waals surface area contributed by atoms with Crippen molar-refractivity contribution in [2.24, 2.45) is 5.92 Å². The highest BCUT2D eigenvalue weighted by Gasteiger charge is 2.22. The van der Waals surface area contributed by atoms with E-state index in [0.717, 1.165) is 25.1 Å². The largest absolute Gasteiger partial charge is 0.493 e. The Hall–Kier alpha value is -1.72. The second-order valence-electron chi connectivity index (χ2n) is 5.84. The molecule has 0 radical (unpaired) electrons. The Balaban J connectivity index is 0.00000288. The topological polar surface area (TPSA) is 59.6 Å². The third-order valence-corrected chi connectivity index (χ3v) is 4.04. The fourth-order valence-electron chi connectivity index (χ4n) is 2.72. The van der Waals surface area contributed by atoms with E-state index < -0.39 is 0 Å². The number of amides is 1. The second-order valence-corrected chi connectivity index (χ2v) is 5.84. The molecule has 0 aromatic heterocycles. The molecule has 134 valence electrons. The van der Waals surface area contributed by atoms with Crippen LogP contribution in [0.5, 0.6) is 11.5 Å². The third kappa shape index (κ3) is 5.73. The zero-order chi connectivity index (χ0) is 16.7. The van der Waals surface area contributed by atoms with Crippen LogP contribution in [0.2, 0.25) is 0 Å². The lowest BCUT2D eigenvalue weighted by molar-refractivity contribution is -0.124. The molecular weight excluding hydrogens is 328 g/mol. The average molecular weight is 355 g/mol. The summed E-state index contributed by atoms with van der Waals surface area (Å²) in [6.45, 7) is 5.97. The van der Waals surface area contributed by atoms with Crippen molar-refractivity contribution in [1.82, 2.24) is 10.6 Å². The van der Waals surface area contributed by atoms with E-state index in [9.17, 15) is 4.79 Å². The first-order chi connectivity index (χ1) is 11.1. The van der Waals surface area contributed by atoms with Gasteiger partial charge in [0, 0.05) is 6.04 Å². The van der Waals surface area contributed by atoms with Gasteiger partial charge in [0.15, 0.2) is 18.1 Å². The maximum Gasteiger partial charge on any atom is 0.258 e. The molecule has 0 spiro atoms. The maximum atomic E-state index is 12.1. The van der Waals surface area contributed by atoms with Crippen LogP contribution in [0.15, 0.2) is 24.3 Å². The van der Waals surface area contributed by atoms with Crippen molar-refractivity contribution in [3.63, 3.8) is 0 Å². The van der Waals surface area contributed by atoms with Crippen LogP contribution >= 0.6 is 12.4 Å². The van der Waals surface area contributed by atoms with Crippen molar-refractivity contribution in [2.45, 2.75) is 26.3 Å². The molecule has 0 aliphatic carbocycles. The highest BCUT2D eigenvalue weighted by Crippen LogP contribution is 2.28. The summed E-state index contributed by atoms with van der Waals surface area (Å²) in [4.78, 5) is 12.1. The van der Waals surface area contributed by atoms with Crippen molar-refractivity contribution in [1.29, 1.82) is 0 Å². The number of rotatable bonds is 6. The quantitative estimate of drug-likeness (QED) is 0.824. The maximum absolute atomic E-state index is 12.1. The van der Waals surface area contributed by atoms with Crippen molar-refractivity contribution >= 4 is 24.4 Å². The predicted molar refractivity (Wildman–Crippen MR) is 99.0 cm³/mol. The van der Waals surface area contributed by atoms with Crippen LogP contribution in [0.3, 0.4) is 0 Å². The summed E-state index contributed by atoms with van der Waals surface area (Å²) in [7, 11) is 1.60. The van der Waals surface area contributed by atoms with E-state index in [-0.39, 0.29) is 31.0 Å². The van der Waals surface area contributed by atoms with E-state index in [1.807, 2.05) is 37.3 Å². The molecular formula is C18H27ClN2O3. The number of allylic oxidation sites excluding steroid dienone is 1. The molecule has 1 aliphatic heterocycles. The standard InChI is InChI=1S/C18H26N2O3.ClH/c1-4-5-14-6-7-16(17(10-14)22-3)23-12-18(21)20-15-8-9-19-11-13(15)2;/h4-7,10,13,15,19H,8-9,11-12H2,1-3H3,(H,20,21);1H/b5-4+;. The molecule has 1 amide bonds. The summed E-state index contributed by atoms with van der Waals surface area (Å²) in [6.07, 6.45) is 4.90. The van der Waals surface area contributed by atoms with Crippen LogP contribution in [-0.4, -0.2) is 38.8 Å². The first kappa shape index (κ1) is 20.3. The fraction of sp³-hybridized carbons (Fsp3) is 0.500. The SMILES string of the molecule is C/C=C/c1ccc(OCC(=O)NC2CCNCC2C)c(OC)c1.Cl. The number of halogens is 1. The molecule has 1 heterocycles. The lowest BCUT2D eigenvalue weighted by atomic mass is 9.95. The lowest BCUT2D eigenvalue weighted by Crippen LogP contribution is -2.49. The number of nitrogens with one attached hydrogen (secondary N) is 2. The molecule has 2 unspecified atom stereocenters. The first-order valence-electron chi connectivity index (χ1n) is 8.07. The highest BCUT2D eigenvalue weighted by molar-refractivity contribution is 5.85. The van der Waals surface area contributed by atoms with Gasteiger partial charge in [-0.2, -0.15) is 0 Å². The Morgan fingerprint density at radius 2 is 2.21 bits per heavy atom. The van der Waals surface area contributed by atoms with E-state index in [1.165, 1.54) is 0 Å². The van der Waals surface area contributed by atoms with Gasteiger partial charge >= 0.3 is 0 Å². The monoisotopic (exact) mass is 354 g/mol. The minimum atomic E-state index is -0.0941. The fourth-order valence-corrected chi connectivity index (χ4v) is 2.72. The van der Waals surface area contributed by atoms with E-state index in [2.05, 4.69) is 17.6 Å². The normalized spacial score (nSPS) is 20.3. The molecule has 1 aromatic rings. The molecule has 5 nitrogen and oxygen atoms in total. The van der Waals surface area contributed by atoms with E-state index >= 15 is 0 Å². The Kier molecular flexibility index (Phi) is 8.65. The number of hydrogen-bond donors (Lipinski definition) is 2. The van der Waals surface area contributed by atoms with E-state index in [4.69, 9.17) is 9.47 Å². The number of hydrogen-bond acceptors (Lipinski definition) is 4. The van der Waals surface area contributed by atoms with Gasteiger partial charge in [-0.25, -0.2) is 0 Å². The number of carbonyl (C=O) groups is 1. The molecule has 1 aliphatic rings. The smallest absolute Gasteiger partial charge is 0.258 e. The molecule has 1 aromatic carbocycles. The van der Waals surface area contributed by atoms with E-state index in [1.54, 1.807) is 7.11 Å². The summed E-state index contributed by atoms with van der Waals surface area (Å²) in [5.74, 6) is 1.54. The third-order valence-electron chi connectivity index (χ3n) is 4.04. The molecule has 2 rings (SSSR count). The Bertz CT molecular complexity index is 563. The summed E-state index contributed by atoms with van der Waals surface area (Å²) in [5, 5.41) is 6.37. The lowest BCUT2D eigenvalue weighted by Gasteiger charge is -2.30. The number of carbonyl (C=O) groups excluding carboxylic acids is 1. The van der Waals surface area contributed by atoms with Crippen molar-refractivity contribution in [3.8, 4) is 11.5 Å². The van der Waals surface area contributed by atoms with Gasteiger partial charge in [-0.3, -0.25) is 4.79 Å². The zero-order valence-corrected chi connectivity index (χ0v) is 15.3. The van der Waals surface area contributed by atoms with Crippen LogP contribution in [0, 0.1) is 5.92 Å². The first-order valence-corrected chi connectivity index (χ1v) is 8.07. The minimum absolute atomic E-state index is 0. The predicted octanol–water partition coefficient (Wildman–Crippen LogP) is 2.64. The van der Waals surface area contributed by atoms with Crippen molar-refractivity contribution in [3.05, 3.63) is 29.8 Å². The zero-order valence-electron chi connectivity index (χ0n) is 14.5. The number of piperidine rings is 1.